The van der Waals surface area contributed by atoms with E-state index >= 15 is 0 Å². The minimum atomic E-state index is 0.930. The molecule has 0 aromatic carbocycles. The molecule has 0 aliphatic carbocycles. The zero-order valence-electron chi connectivity index (χ0n) is 17.2. The minimum absolute atomic E-state index is 0.930. The van der Waals surface area contributed by atoms with Crippen molar-refractivity contribution in [3.8, 4) is 0 Å². The Morgan fingerprint density at radius 1 is 1.16 bits per heavy atom. The molecule has 0 aliphatic rings. The lowest BCUT2D eigenvalue weighted by molar-refractivity contribution is 0.494. The molecule has 0 bridgehead atoms. The molecule has 0 saturated heterocycles. The highest BCUT2D eigenvalue weighted by Crippen LogP contribution is 2.14. The van der Waals surface area contributed by atoms with Crippen molar-refractivity contribution in [1.29, 1.82) is 0 Å². The monoisotopic (exact) mass is 341 g/mol. The summed E-state index contributed by atoms with van der Waals surface area (Å²) in [7, 11) is 4.15. The highest BCUT2D eigenvalue weighted by molar-refractivity contribution is 5.79. The van der Waals surface area contributed by atoms with Gasteiger partial charge in [0.1, 0.15) is 5.65 Å². The van der Waals surface area contributed by atoms with Gasteiger partial charge in [-0.3, -0.25) is 0 Å². The molecule has 1 N–H and O–H groups in total. The first-order valence-corrected chi connectivity index (χ1v) is 9.26. The van der Waals surface area contributed by atoms with Gasteiger partial charge in [-0.2, -0.15) is 0 Å². The summed E-state index contributed by atoms with van der Waals surface area (Å²) in [5.74, 6) is 0. The summed E-state index contributed by atoms with van der Waals surface area (Å²) in [6.07, 6.45) is 11.4. The van der Waals surface area contributed by atoms with Gasteiger partial charge in [-0.1, -0.05) is 52.3 Å². The molecule has 138 valence electrons. The molecular weight excluding hydrogens is 306 g/mol. The number of hydrogen-bond donors (Lipinski definition) is 1. The van der Waals surface area contributed by atoms with Gasteiger partial charge in [-0.05, 0) is 43.7 Å². The molecule has 2 heterocycles. The van der Waals surface area contributed by atoms with E-state index in [2.05, 4.69) is 79.2 Å². The molecular formula is C22H35N3. The van der Waals surface area contributed by atoms with Crippen LogP contribution in [-0.2, 0) is 0 Å². The van der Waals surface area contributed by atoms with Crippen LogP contribution in [-0.4, -0.2) is 29.0 Å². The van der Waals surface area contributed by atoms with E-state index in [-0.39, 0.29) is 0 Å². The van der Waals surface area contributed by atoms with E-state index in [1.165, 1.54) is 11.3 Å². The smallest absolute Gasteiger partial charge is 0.137 e. The van der Waals surface area contributed by atoms with E-state index in [0.29, 0.717) is 0 Å². The Morgan fingerprint density at radius 3 is 2.40 bits per heavy atom. The fourth-order valence-corrected chi connectivity index (χ4v) is 2.16. The summed E-state index contributed by atoms with van der Waals surface area (Å²) >= 11 is 0. The first-order valence-electron chi connectivity index (χ1n) is 9.26. The highest BCUT2D eigenvalue weighted by Gasteiger charge is 1.97. The molecule has 0 saturated carbocycles. The van der Waals surface area contributed by atoms with Gasteiger partial charge < -0.3 is 9.88 Å². The number of rotatable bonds is 5. The van der Waals surface area contributed by atoms with Crippen LogP contribution in [0.3, 0.4) is 0 Å². The minimum Gasteiger partial charge on any atom is -0.381 e. The van der Waals surface area contributed by atoms with Crippen LogP contribution in [0.15, 0.2) is 53.9 Å². The molecule has 2 rings (SSSR count). The SMILES string of the molecule is CC.CC.CC/C(=C\C=C(/C)C=Cc1cc2cccnc2[nH]1)N(C)C. The van der Waals surface area contributed by atoms with Crippen LogP contribution in [0.25, 0.3) is 17.1 Å². The predicted molar refractivity (Wildman–Crippen MR) is 114 cm³/mol. The Kier molecular flexibility index (Phi) is 11.9. The summed E-state index contributed by atoms with van der Waals surface area (Å²) in [4.78, 5) is 9.75. The molecule has 3 nitrogen and oxygen atoms in total. The number of H-pyrrole nitrogens is 1. The lowest BCUT2D eigenvalue weighted by Crippen LogP contribution is -2.09. The van der Waals surface area contributed by atoms with Gasteiger partial charge in [0.2, 0.25) is 0 Å². The average molecular weight is 342 g/mol. The van der Waals surface area contributed by atoms with Crippen molar-refractivity contribution in [3.05, 3.63) is 59.6 Å². The highest BCUT2D eigenvalue weighted by atomic mass is 15.1. The third kappa shape index (κ3) is 7.88. The predicted octanol–water partition coefficient (Wildman–Crippen LogP) is 6.43. The van der Waals surface area contributed by atoms with Gasteiger partial charge in [-0.25, -0.2) is 4.98 Å². The van der Waals surface area contributed by atoms with Crippen LogP contribution >= 0.6 is 0 Å². The van der Waals surface area contributed by atoms with Gasteiger partial charge in [0, 0.05) is 37.1 Å². The van der Waals surface area contributed by atoms with E-state index in [1.54, 1.807) is 6.20 Å². The first-order chi connectivity index (χ1) is 12.1. The lowest BCUT2D eigenvalue weighted by Gasteiger charge is -2.14. The second-order valence-corrected chi connectivity index (χ2v) is 5.32. The van der Waals surface area contributed by atoms with Crippen LogP contribution in [0.2, 0.25) is 0 Å². The van der Waals surface area contributed by atoms with E-state index in [9.17, 15) is 0 Å². The third-order valence-electron chi connectivity index (χ3n) is 3.41. The maximum atomic E-state index is 4.30. The largest absolute Gasteiger partial charge is 0.381 e. The van der Waals surface area contributed by atoms with Crippen molar-refractivity contribution < 1.29 is 0 Å². The maximum Gasteiger partial charge on any atom is 0.137 e. The first kappa shape index (κ1) is 22.7. The van der Waals surface area contributed by atoms with Gasteiger partial charge in [0.25, 0.3) is 0 Å². The number of hydrogen-bond acceptors (Lipinski definition) is 2. The molecule has 0 amide bonds. The lowest BCUT2D eigenvalue weighted by atomic mass is 10.2. The van der Waals surface area contributed by atoms with Crippen molar-refractivity contribution in [2.45, 2.75) is 48.0 Å². The molecule has 2 aromatic heterocycles. The van der Waals surface area contributed by atoms with Gasteiger partial charge >= 0.3 is 0 Å². The summed E-state index contributed by atoms with van der Waals surface area (Å²) in [5.41, 5.74) is 4.54. The maximum absolute atomic E-state index is 4.30. The van der Waals surface area contributed by atoms with Crippen LogP contribution in [0.1, 0.15) is 53.7 Å². The van der Waals surface area contributed by atoms with Crippen molar-refractivity contribution in [2.75, 3.05) is 14.1 Å². The number of allylic oxidation sites excluding steroid dienone is 5. The van der Waals surface area contributed by atoms with E-state index in [4.69, 9.17) is 0 Å². The second kappa shape index (κ2) is 13.1. The Balaban J connectivity index is 0.00000134. The summed E-state index contributed by atoms with van der Waals surface area (Å²) in [6.45, 7) is 12.3. The van der Waals surface area contributed by atoms with Crippen molar-refractivity contribution in [2.24, 2.45) is 0 Å². The summed E-state index contributed by atoms with van der Waals surface area (Å²) in [6, 6.07) is 6.12. The molecule has 25 heavy (non-hydrogen) atoms. The number of aromatic nitrogens is 2. The number of nitrogens with zero attached hydrogens (tertiary/aromatic N) is 2. The van der Waals surface area contributed by atoms with Crippen LogP contribution < -0.4 is 0 Å². The molecule has 0 spiro atoms. The van der Waals surface area contributed by atoms with Crippen molar-refractivity contribution in [3.63, 3.8) is 0 Å². The molecule has 0 aliphatic heterocycles. The van der Waals surface area contributed by atoms with Crippen LogP contribution in [0.4, 0.5) is 0 Å². The van der Waals surface area contributed by atoms with Crippen molar-refractivity contribution in [1.82, 2.24) is 14.9 Å². The number of nitrogens with one attached hydrogen (secondary N) is 1. The average Bonchev–Trinajstić information content (AvgIpc) is 3.06. The Labute approximate surface area is 154 Å². The van der Waals surface area contributed by atoms with Crippen LogP contribution in [0.5, 0.6) is 0 Å². The zero-order valence-corrected chi connectivity index (χ0v) is 17.2. The van der Waals surface area contributed by atoms with Gasteiger partial charge in [0.15, 0.2) is 0 Å². The molecule has 0 atom stereocenters. The van der Waals surface area contributed by atoms with Gasteiger partial charge in [0.05, 0.1) is 0 Å². The fourth-order valence-electron chi connectivity index (χ4n) is 2.16. The molecule has 0 radical (unpaired) electrons. The summed E-state index contributed by atoms with van der Waals surface area (Å²) in [5, 5.41) is 1.14. The number of fused-ring (bicyclic) bond motifs is 1. The van der Waals surface area contributed by atoms with Gasteiger partial charge in [-0.15, -0.1) is 0 Å². The molecule has 3 heteroatoms. The van der Waals surface area contributed by atoms with Crippen molar-refractivity contribution >= 4 is 17.1 Å². The van der Waals surface area contributed by atoms with Crippen LogP contribution in [0, 0.1) is 0 Å². The number of aromatic amines is 1. The Bertz CT molecular complexity index is 655. The Morgan fingerprint density at radius 2 is 1.84 bits per heavy atom. The fraction of sp³-hybridized carbons (Fsp3) is 0.409. The molecule has 0 unspecified atom stereocenters. The standard InChI is InChI=1S/C18H23N3.2C2H6/c1-5-17(21(3)4)11-9-14(2)8-10-16-13-15-7-6-12-19-18(15)20-16;2*1-2/h6-13H,5H2,1-4H3,(H,19,20);2*1-2H3/b10-8?,14-9+,17-11+;;. The zero-order chi connectivity index (χ0) is 19.2. The summed E-state index contributed by atoms with van der Waals surface area (Å²) < 4.78 is 0. The Hall–Kier alpha value is -2.29. The van der Waals surface area contributed by atoms with E-state index in [1.807, 2.05) is 33.8 Å². The van der Waals surface area contributed by atoms with E-state index < -0.39 is 0 Å². The number of pyridine rings is 1. The second-order valence-electron chi connectivity index (χ2n) is 5.32. The third-order valence-corrected chi connectivity index (χ3v) is 3.41. The molecule has 2 aromatic rings. The van der Waals surface area contributed by atoms with E-state index in [0.717, 1.165) is 23.1 Å². The quantitative estimate of drug-likeness (QED) is 0.635. The molecule has 0 fully saturated rings. The normalized spacial score (nSPS) is 11.7. The topological polar surface area (TPSA) is 31.9 Å².